The Morgan fingerprint density at radius 1 is 1.19 bits per heavy atom. The van der Waals surface area contributed by atoms with Gasteiger partial charge in [-0.1, -0.05) is 11.6 Å². The van der Waals surface area contributed by atoms with E-state index in [1.807, 2.05) is 0 Å². The third kappa shape index (κ3) is 5.14. The van der Waals surface area contributed by atoms with Gasteiger partial charge < -0.3 is 24.8 Å². The number of anilines is 1. The van der Waals surface area contributed by atoms with E-state index >= 15 is 4.39 Å². The Kier molecular flexibility index (Phi) is 7.32. The average molecular weight is 601 g/mol. The third-order valence-electron chi connectivity index (χ3n) is 9.07. The maximum atomic E-state index is 16.0. The maximum Gasteiger partial charge on any atom is 0.318 e. The first kappa shape index (κ1) is 27.9. The quantitative estimate of drug-likeness (QED) is 0.450. The number of piperazine rings is 1. The van der Waals surface area contributed by atoms with Crippen LogP contribution < -0.4 is 15.0 Å². The summed E-state index contributed by atoms with van der Waals surface area (Å²) in [6.07, 6.45) is 6.36. The van der Waals surface area contributed by atoms with E-state index < -0.39 is 12.0 Å². The molecule has 1 aliphatic carbocycles. The van der Waals surface area contributed by atoms with Crippen molar-refractivity contribution in [2.24, 2.45) is 0 Å². The summed E-state index contributed by atoms with van der Waals surface area (Å²) in [6.45, 7) is 5.26. The molecule has 224 valence electrons. The van der Waals surface area contributed by atoms with Crippen LogP contribution in [0.25, 0.3) is 22.2 Å². The minimum absolute atomic E-state index is 0.0320. The molecule has 9 nitrogen and oxygen atoms in total. The van der Waals surface area contributed by atoms with E-state index in [4.69, 9.17) is 21.1 Å². The Morgan fingerprint density at radius 3 is 2.74 bits per heavy atom. The van der Waals surface area contributed by atoms with Gasteiger partial charge in [-0.15, -0.1) is 0 Å². The number of alkyl halides is 1. The van der Waals surface area contributed by atoms with Gasteiger partial charge in [-0.2, -0.15) is 9.97 Å². The number of aromatic nitrogens is 3. The van der Waals surface area contributed by atoms with E-state index in [9.17, 15) is 9.50 Å². The fourth-order valence-corrected chi connectivity index (χ4v) is 7.20. The molecule has 42 heavy (non-hydrogen) atoms. The fourth-order valence-electron chi connectivity index (χ4n) is 6.83. The molecule has 1 aromatic carbocycles. The van der Waals surface area contributed by atoms with Gasteiger partial charge in [-0.3, -0.25) is 9.88 Å². The highest BCUT2D eigenvalue weighted by Crippen LogP contribution is 2.49. The molecule has 0 amide bonds. The Hall–Kier alpha value is -2.86. The molecule has 5 aliphatic rings. The summed E-state index contributed by atoms with van der Waals surface area (Å²) in [6, 6.07) is 3.71. The van der Waals surface area contributed by atoms with E-state index in [1.54, 1.807) is 6.20 Å². The summed E-state index contributed by atoms with van der Waals surface area (Å²) in [5, 5.41) is 14.6. The summed E-state index contributed by atoms with van der Waals surface area (Å²) < 4.78 is 39.3. The largest absolute Gasteiger partial charge is 0.508 e. The summed E-state index contributed by atoms with van der Waals surface area (Å²) in [5.74, 6) is 0.200. The lowest BCUT2D eigenvalue weighted by Crippen LogP contribution is -2.70. The molecule has 1 spiro atoms. The van der Waals surface area contributed by atoms with Crippen molar-refractivity contribution < 1.29 is 23.4 Å². The van der Waals surface area contributed by atoms with Crippen molar-refractivity contribution >= 4 is 28.3 Å². The second-order valence-corrected chi connectivity index (χ2v) is 12.5. The molecule has 0 bridgehead atoms. The van der Waals surface area contributed by atoms with Crippen LogP contribution in [0.2, 0.25) is 5.02 Å². The van der Waals surface area contributed by atoms with Gasteiger partial charge in [0, 0.05) is 49.0 Å². The highest BCUT2D eigenvalue weighted by molar-refractivity contribution is 6.32. The topological polar surface area (TPSA) is 95.9 Å². The molecule has 2 N–H and O–H groups in total. The minimum atomic E-state index is -0.588. The lowest BCUT2D eigenvalue weighted by molar-refractivity contribution is -0.0743. The zero-order valence-corrected chi connectivity index (χ0v) is 24.3. The first-order valence-electron chi connectivity index (χ1n) is 14.7. The van der Waals surface area contributed by atoms with E-state index in [-0.39, 0.29) is 34.4 Å². The second kappa shape index (κ2) is 11.0. The number of halogens is 3. The first-order chi connectivity index (χ1) is 20.3. The van der Waals surface area contributed by atoms with Crippen LogP contribution >= 0.6 is 11.6 Å². The molecule has 3 aromatic rings. The van der Waals surface area contributed by atoms with E-state index in [0.29, 0.717) is 60.7 Å². The molecule has 6 heterocycles. The van der Waals surface area contributed by atoms with Crippen LogP contribution in [0.4, 0.5) is 14.6 Å². The van der Waals surface area contributed by atoms with Gasteiger partial charge in [0.1, 0.15) is 28.9 Å². The summed E-state index contributed by atoms with van der Waals surface area (Å²) in [5.41, 5.74) is 1.43. The molecule has 4 saturated heterocycles. The van der Waals surface area contributed by atoms with Crippen molar-refractivity contribution in [1.82, 2.24) is 25.2 Å². The van der Waals surface area contributed by atoms with Crippen LogP contribution in [-0.2, 0) is 4.74 Å². The van der Waals surface area contributed by atoms with Crippen molar-refractivity contribution in [1.29, 1.82) is 0 Å². The molecule has 8 rings (SSSR count). The molecule has 1 saturated carbocycles. The number of pyridine rings is 1. The third-order valence-corrected chi connectivity index (χ3v) is 9.38. The van der Waals surface area contributed by atoms with Gasteiger partial charge in [-0.25, -0.2) is 8.78 Å². The standard InChI is InChI=1S/C23H23ClFN5O3.C7H12FN/c1-32-22-28-20-15(21(29-22)30-5-4-27-23(9-30)10-33-11-23)8-26-19(18(20)25)14-6-13(31)7-16(24)17(14)12-2-3-12;8-6-4-7-2-1-3-9(7)5-6/h6-8,12,27,31H,2-5,9-11H2,1H3;6-7H,1-5H2. The number of phenolic OH excluding ortho intramolecular Hbond substituents is 1. The molecule has 2 atom stereocenters. The number of benzene rings is 1. The molecule has 12 heteroatoms. The minimum Gasteiger partial charge on any atom is -0.508 e. The number of hydrogen-bond acceptors (Lipinski definition) is 9. The van der Waals surface area contributed by atoms with Crippen molar-refractivity contribution in [2.45, 2.75) is 55.8 Å². The lowest BCUT2D eigenvalue weighted by atomic mass is 9.94. The van der Waals surface area contributed by atoms with Crippen LogP contribution in [0.3, 0.4) is 0 Å². The maximum absolute atomic E-state index is 16.0. The number of nitrogens with zero attached hydrogens (tertiary/aromatic N) is 5. The number of methoxy groups -OCH3 is 1. The highest BCUT2D eigenvalue weighted by atomic mass is 35.5. The van der Waals surface area contributed by atoms with Crippen molar-refractivity contribution in [3.8, 4) is 23.0 Å². The Bertz CT molecular complexity index is 1490. The number of hydrogen-bond donors (Lipinski definition) is 2. The van der Waals surface area contributed by atoms with E-state index in [1.165, 1.54) is 32.1 Å². The van der Waals surface area contributed by atoms with Gasteiger partial charge in [0.25, 0.3) is 0 Å². The zero-order chi connectivity index (χ0) is 29.0. The average Bonchev–Trinajstić information content (AvgIpc) is 3.60. The van der Waals surface area contributed by atoms with E-state index in [2.05, 4.69) is 30.1 Å². The molecular weight excluding hydrogens is 566 g/mol. The van der Waals surface area contributed by atoms with Crippen LogP contribution in [-0.4, -0.2) is 95.8 Å². The molecule has 2 unspecified atom stereocenters. The second-order valence-electron chi connectivity index (χ2n) is 12.1. The van der Waals surface area contributed by atoms with E-state index in [0.717, 1.165) is 37.9 Å². The fraction of sp³-hybridized carbons (Fsp3) is 0.567. The highest BCUT2D eigenvalue weighted by Gasteiger charge is 2.43. The number of ether oxygens (including phenoxy) is 2. The molecule has 4 aliphatic heterocycles. The molecule has 0 radical (unpaired) electrons. The first-order valence-corrected chi connectivity index (χ1v) is 15.1. The molecule has 5 fully saturated rings. The zero-order valence-electron chi connectivity index (χ0n) is 23.6. The van der Waals surface area contributed by atoms with Crippen LogP contribution in [0.15, 0.2) is 18.3 Å². The predicted octanol–water partition coefficient (Wildman–Crippen LogP) is 4.45. The normalized spacial score (nSPS) is 24.8. The number of fused-ring (bicyclic) bond motifs is 2. The van der Waals surface area contributed by atoms with Gasteiger partial charge in [-0.05, 0) is 62.3 Å². The Morgan fingerprint density at radius 2 is 2.02 bits per heavy atom. The monoisotopic (exact) mass is 600 g/mol. The van der Waals surface area contributed by atoms with Crippen molar-refractivity contribution in [2.75, 3.05) is 57.9 Å². The summed E-state index contributed by atoms with van der Waals surface area (Å²) >= 11 is 6.43. The number of aromatic hydroxyl groups is 1. The number of nitrogens with one attached hydrogen (secondary N) is 1. The van der Waals surface area contributed by atoms with Gasteiger partial charge in [0.15, 0.2) is 5.82 Å². The Balaban J connectivity index is 0.000000272. The summed E-state index contributed by atoms with van der Waals surface area (Å²) in [7, 11) is 1.46. The summed E-state index contributed by atoms with van der Waals surface area (Å²) in [4.78, 5) is 17.7. The van der Waals surface area contributed by atoms with Crippen molar-refractivity contribution in [3.63, 3.8) is 0 Å². The predicted molar refractivity (Wildman–Crippen MR) is 156 cm³/mol. The smallest absolute Gasteiger partial charge is 0.318 e. The van der Waals surface area contributed by atoms with Gasteiger partial charge in [0.2, 0.25) is 0 Å². The molecular formula is C30H35ClF2N6O3. The number of phenols is 1. The van der Waals surface area contributed by atoms with Gasteiger partial charge in [0.05, 0.1) is 31.2 Å². The number of rotatable bonds is 4. The molecule has 2 aromatic heterocycles. The van der Waals surface area contributed by atoms with Crippen molar-refractivity contribution in [3.05, 3.63) is 34.7 Å². The van der Waals surface area contributed by atoms with Crippen LogP contribution in [0.1, 0.15) is 43.6 Å². The van der Waals surface area contributed by atoms with Crippen LogP contribution in [0, 0.1) is 5.82 Å². The lowest BCUT2D eigenvalue weighted by Gasteiger charge is -2.49. The Labute approximate surface area is 248 Å². The van der Waals surface area contributed by atoms with Gasteiger partial charge >= 0.3 is 6.01 Å². The SMILES string of the molecule is COc1nc(N2CCNC3(COC3)C2)c2cnc(-c3cc(O)cc(Cl)c3C3CC3)c(F)c2n1.FC1CC2CCCN2C1. The van der Waals surface area contributed by atoms with Crippen LogP contribution in [0.5, 0.6) is 11.8 Å².